The molecule has 0 saturated heterocycles. The van der Waals surface area contributed by atoms with Crippen LogP contribution in [0.1, 0.15) is 30.6 Å². The van der Waals surface area contributed by atoms with E-state index in [0.29, 0.717) is 17.0 Å². The summed E-state index contributed by atoms with van der Waals surface area (Å²) in [5.41, 5.74) is 0.869. The van der Waals surface area contributed by atoms with E-state index >= 15 is 0 Å². The minimum atomic E-state index is -0.350. The lowest BCUT2D eigenvalue weighted by Gasteiger charge is -2.14. The second-order valence-corrected chi connectivity index (χ2v) is 5.70. The molecule has 24 heavy (non-hydrogen) atoms. The van der Waals surface area contributed by atoms with E-state index in [4.69, 9.17) is 17.0 Å². The zero-order valence-corrected chi connectivity index (χ0v) is 14.4. The van der Waals surface area contributed by atoms with Crippen LogP contribution in [0, 0.1) is 0 Å². The van der Waals surface area contributed by atoms with Gasteiger partial charge in [-0.15, -0.1) is 0 Å². The number of hydrogen-bond donors (Lipinski definition) is 3. The summed E-state index contributed by atoms with van der Waals surface area (Å²) in [6.45, 7) is 4.00. The first-order valence-electron chi connectivity index (χ1n) is 7.66. The van der Waals surface area contributed by atoms with Crippen LogP contribution >= 0.6 is 12.2 Å². The average Bonchev–Trinajstić information content (AvgIpc) is 2.57. The van der Waals surface area contributed by atoms with Gasteiger partial charge in [0.2, 0.25) is 0 Å². The molecular weight excluding hydrogens is 324 g/mol. The summed E-state index contributed by atoms with van der Waals surface area (Å²) in [5.74, 6) is 0.340. The highest BCUT2D eigenvalue weighted by Crippen LogP contribution is 2.21. The van der Waals surface area contributed by atoms with Gasteiger partial charge in [-0.25, -0.2) is 0 Å². The zero-order valence-electron chi connectivity index (χ0n) is 13.6. The molecule has 1 unspecified atom stereocenters. The number of amides is 1. The lowest BCUT2D eigenvalue weighted by molar-refractivity contribution is 0.0977. The molecule has 1 atom stereocenters. The predicted octanol–water partition coefficient (Wildman–Crippen LogP) is 3.70. The van der Waals surface area contributed by atoms with E-state index in [-0.39, 0.29) is 22.9 Å². The Bertz CT molecular complexity index is 734. The maximum absolute atomic E-state index is 12.3. The van der Waals surface area contributed by atoms with Gasteiger partial charge in [-0.3, -0.25) is 10.1 Å². The average molecular weight is 344 g/mol. The maximum Gasteiger partial charge on any atom is 0.257 e. The fourth-order valence-corrected chi connectivity index (χ4v) is 2.14. The summed E-state index contributed by atoms with van der Waals surface area (Å²) in [5, 5.41) is 15.2. The molecule has 2 aromatic carbocycles. The standard InChI is InChI=1S/C18H20N2O3S/c1-3-12(2)23-14-8-6-7-13(11-14)17(22)20-18(24)19-15-9-4-5-10-16(15)21/h4-12,21H,3H2,1-2H3,(H2,19,20,22,24). The molecule has 0 fully saturated rings. The third-order valence-electron chi connectivity index (χ3n) is 3.39. The molecule has 6 heteroatoms. The van der Waals surface area contributed by atoms with Gasteiger partial charge in [-0.1, -0.05) is 25.1 Å². The van der Waals surface area contributed by atoms with Crippen LogP contribution < -0.4 is 15.4 Å². The van der Waals surface area contributed by atoms with Crippen LogP contribution in [0.3, 0.4) is 0 Å². The Balaban J connectivity index is 2.00. The predicted molar refractivity (Wildman–Crippen MR) is 98.6 cm³/mol. The quantitative estimate of drug-likeness (QED) is 0.570. The van der Waals surface area contributed by atoms with E-state index in [1.807, 2.05) is 19.9 Å². The molecule has 0 bridgehead atoms. The third-order valence-corrected chi connectivity index (χ3v) is 3.59. The largest absolute Gasteiger partial charge is 0.506 e. The number of ether oxygens (including phenoxy) is 1. The van der Waals surface area contributed by atoms with Crippen LogP contribution in [0.4, 0.5) is 5.69 Å². The van der Waals surface area contributed by atoms with E-state index in [2.05, 4.69) is 10.6 Å². The number of phenolic OH excluding ortho intramolecular Hbond substituents is 1. The molecule has 0 radical (unpaired) electrons. The van der Waals surface area contributed by atoms with Crippen molar-refractivity contribution in [3.05, 3.63) is 54.1 Å². The molecule has 2 aromatic rings. The molecule has 0 aliphatic carbocycles. The molecule has 2 rings (SSSR count). The SMILES string of the molecule is CCC(C)Oc1cccc(C(=O)NC(=S)Nc2ccccc2O)c1. The molecule has 0 spiro atoms. The van der Waals surface area contributed by atoms with Gasteiger partial charge in [0.1, 0.15) is 11.5 Å². The molecule has 0 aliphatic rings. The van der Waals surface area contributed by atoms with Gasteiger partial charge in [-0.2, -0.15) is 0 Å². The maximum atomic E-state index is 12.3. The highest BCUT2D eigenvalue weighted by atomic mass is 32.1. The van der Waals surface area contributed by atoms with Crippen molar-refractivity contribution in [2.45, 2.75) is 26.4 Å². The van der Waals surface area contributed by atoms with Crippen molar-refractivity contribution in [3.63, 3.8) is 0 Å². The molecule has 1 amide bonds. The monoisotopic (exact) mass is 344 g/mol. The summed E-state index contributed by atoms with van der Waals surface area (Å²) >= 11 is 5.11. The summed E-state index contributed by atoms with van der Waals surface area (Å²) in [6, 6.07) is 13.6. The molecule has 126 valence electrons. The number of para-hydroxylation sites is 2. The van der Waals surface area contributed by atoms with E-state index in [1.54, 1.807) is 36.4 Å². The number of thiocarbonyl (C=S) groups is 1. The minimum absolute atomic E-state index is 0.0537. The van der Waals surface area contributed by atoms with Crippen LogP contribution in [0.15, 0.2) is 48.5 Å². The zero-order chi connectivity index (χ0) is 17.5. The van der Waals surface area contributed by atoms with E-state index in [1.165, 1.54) is 6.07 Å². The first-order valence-corrected chi connectivity index (χ1v) is 8.07. The van der Waals surface area contributed by atoms with Crippen LogP contribution in [0.25, 0.3) is 0 Å². The number of nitrogens with one attached hydrogen (secondary N) is 2. The molecular formula is C18H20N2O3S. The van der Waals surface area contributed by atoms with Crippen molar-refractivity contribution < 1.29 is 14.6 Å². The smallest absolute Gasteiger partial charge is 0.257 e. The molecule has 5 nitrogen and oxygen atoms in total. The summed E-state index contributed by atoms with van der Waals surface area (Å²) in [4.78, 5) is 12.3. The molecule has 0 aliphatic heterocycles. The number of phenols is 1. The number of rotatable bonds is 5. The van der Waals surface area contributed by atoms with Crippen molar-refractivity contribution >= 4 is 28.9 Å². The minimum Gasteiger partial charge on any atom is -0.506 e. The van der Waals surface area contributed by atoms with Crippen molar-refractivity contribution in [2.24, 2.45) is 0 Å². The van der Waals surface area contributed by atoms with E-state index in [9.17, 15) is 9.90 Å². The fourth-order valence-electron chi connectivity index (χ4n) is 1.93. The van der Waals surface area contributed by atoms with Gasteiger partial charge in [-0.05, 0) is 55.9 Å². The number of benzene rings is 2. The number of carbonyl (C=O) groups excluding carboxylic acids is 1. The Labute approximate surface area is 146 Å². The van der Waals surface area contributed by atoms with Gasteiger partial charge < -0.3 is 15.2 Å². The Morgan fingerprint density at radius 1 is 1.25 bits per heavy atom. The molecule has 0 heterocycles. The highest BCUT2D eigenvalue weighted by Gasteiger charge is 2.11. The Morgan fingerprint density at radius 2 is 2.00 bits per heavy atom. The summed E-state index contributed by atoms with van der Waals surface area (Å²) in [7, 11) is 0. The molecule has 0 saturated carbocycles. The summed E-state index contributed by atoms with van der Waals surface area (Å²) < 4.78 is 5.71. The Morgan fingerprint density at radius 3 is 2.71 bits per heavy atom. The van der Waals surface area contributed by atoms with Crippen molar-refractivity contribution in [2.75, 3.05) is 5.32 Å². The van der Waals surface area contributed by atoms with Crippen molar-refractivity contribution in [1.82, 2.24) is 5.32 Å². The van der Waals surface area contributed by atoms with Crippen molar-refractivity contribution in [3.8, 4) is 11.5 Å². The molecule has 0 aromatic heterocycles. The summed E-state index contributed by atoms with van der Waals surface area (Å²) in [6.07, 6.45) is 0.956. The number of aromatic hydroxyl groups is 1. The van der Waals surface area contributed by atoms with Gasteiger partial charge in [0.25, 0.3) is 5.91 Å². The van der Waals surface area contributed by atoms with Gasteiger partial charge >= 0.3 is 0 Å². The lowest BCUT2D eigenvalue weighted by Crippen LogP contribution is -2.34. The first-order chi connectivity index (χ1) is 11.5. The second-order valence-electron chi connectivity index (χ2n) is 5.29. The topological polar surface area (TPSA) is 70.6 Å². The van der Waals surface area contributed by atoms with Crippen LogP contribution in [0.2, 0.25) is 0 Å². The fraction of sp³-hybridized carbons (Fsp3) is 0.222. The number of anilines is 1. The molecule has 3 N–H and O–H groups in total. The van der Waals surface area contributed by atoms with Gasteiger partial charge in [0.15, 0.2) is 5.11 Å². The van der Waals surface area contributed by atoms with E-state index in [0.717, 1.165) is 6.42 Å². The van der Waals surface area contributed by atoms with Crippen LogP contribution in [0.5, 0.6) is 11.5 Å². The normalized spacial score (nSPS) is 11.4. The number of hydrogen-bond acceptors (Lipinski definition) is 4. The van der Waals surface area contributed by atoms with Crippen molar-refractivity contribution in [1.29, 1.82) is 0 Å². The highest BCUT2D eigenvalue weighted by molar-refractivity contribution is 7.80. The van der Waals surface area contributed by atoms with Crippen LogP contribution in [-0.4, -0.2) is 22.2 Å². The van der Waals surface area contributed by atoms with E-state index < -0.39 is 0 Å². The van der Waals surface area contributed by atoms with Gasteiger partial charge in [0.05, 0.1) is 11.8 Å². The Hall–Kier alpha value is -2.60. The second kappa shape index (κ2) is 8.31. The van der Waals surface area contributed by atoms with Crippen LogP contribution in [-0.2, 0) is 0 Å². The third kappa shape index (κ3) is 4.96. The number of carbonyl (C=O) groups is 1. The van der Waals surface area contributed by atoms with Gasteiger partial charge in [0, 0.05) is 5.56 Å². The first kappa shape index (κ1) is 17.7. The Kier molecular flexibility index (Phi) is 6.14. The lowest BCUT2D eigenvalue weighted by atomic mass is 10.2.